The van der Waals surface area contributed by atoms with Gasteiger partial charge in [-0.25, -0.2) is 4.79 Å². The molecule has 1 aliphatic heterocycles. The number of ether oxygens (including phenoxy) is 2. The molecule has 1 saturated heterocycles. The van der Waals surface area contributed by atoms with Gasteiger partial charge in [-0.2, -0.15) is 0 Å². The minimum Gasteiger partial charge on any atom is -0.494 e. The number of rotatable bonds is 8. The van der Waals surface area contributed by atoms with Gasteiger partial charge in [0.25, 0.3) is 0 Å². The van der Waals surface area contributed by atoms with Crippen molar-refractivity contribution < 1.29 is 14.3 Å². The van der Waals surface area contributed by atoms with Crippen LogP contribution in [0.4, 0.5) is 4.79 Å². The van der Waals surface area contributed by atoms with Crippen LogP contribution in [0.3, 0.4) is 0 Å². The quantitative estimate of drug-likeness (QED) is 0.686. The normalized spacial score (nSPS) is 15.0. The standard InChI is InChI=1S/C22H29N3O3/c1-2-27-20-8-10-21(11-9-20)28-17-23-22(26)24-19-12-14-25(15-13-19)16-18-6-4-3-5-7-18/h3-11,19H,2,12-17H2,1H3,(H2,23,24,26). The number of amides is 2. The van der Waals surface area contributed by atoms with Crippen molar-refractivity contribution in [3.05, 3.63) is 60.2 Å². The molecule has 0 aliphatic carbocycles. The highest BCUT2D eigenvalue weighted by atomic mass is 16.5. The Hall–Kier alpha value is -2.73. The monoisotopic (exact) mass is 383 g/mol. The SMILES string of the molecule is CCOc1ccc(OCNC(=O)NC2CCN(Cc3ccccc3)CC2)cc1. The fourth-order valence-electron chi connectivity index (χ4n) is 3.30. The van der Waals surface area contributed by atoms with Gasteiger partial charge in [0.15, 0.2) is 6.73 Å². The Morgan fingerprint density at radius 1 is 1.00 bits per heavy atom. The van der Waals surface area contributed by atoms with Crippen molar-refractivity contribution in [1.29, 1.82) is 0 Å². The van der Waals surface area contributed by atoms with Crippen molar-refractivity contribution >= 4 is 6.03 Å². The Morgan fingerprint density at radius 2 is 1.64 bits per heavy atom. The molecule has 6 heteroatoms. The van der Waals surface area contributed by atoms with Crippen molar-refractivity contribution in [3.63, 3.8) is 0 Å². The van der Waals surface area contributed by atoms with Crippen LogP contribution in [-0.4, -0.2) is 43.4 Å². The molecule has 6 nitrogen and oxygen atoms in total. The maximum Gasteiger partial charge on any atom is 0.317 e. The van der Waals surface area contributed by atoms with Gasteiger partial charge < -0.3 is 20.1 Å². The first-order chi connectivity index (χ1) is 13.7. The number of nitrogens with one attached hydrogen (secondary N) is 2. The molecule has 1 fully saturated rings. The fourth-order valence-corrected chi connectivity index (χ4v) is 3.30. The van der Waals surface area contributed by atoms with Gasteiger partial charge in [0.1, 0.15) is 11.5 Å². The topological polar surface area (TPSA) is 62.8 Å². The average Bonchev–Trinajstić information content (AvgIpc) is 2.72. The van der Waals surface area contributed by atoms with E-state index in [-0.39, 0.29) is 18.8 Å². The van der Waals surface area contributed by atoms with Crippen LogP contribution in [0.25, 0.3) is 0 Å². The molecule has 3 rings (SSSR count). The summed E-state index contributed by atoms with van der Waals surface area (Å²) in [6.07, 6.45) is 1.92. The first-order valence-electron chi connectivity index (χ1n) is 9.89. The summed E-state index contributed by atoms with van der Waals surface area (Å²) in [7, 11) is 0. The maximum absolute atomic E-state index is 12.1. The molecule has 0 unspecified atom stereocenters. The second-order valence-corrected chi connectivity index (χ2v) is 6.88. The largest absolute Gasteiger partial charge is 0.494 e. The Bertz CT molecular complexity index is 714. The third kappa shape index (κ3) is 6.46. The van der Waals surface area contributed by atoms with Gasteiger partial charge in [-0.3, -0.25) is 4.90 Å². The van der Waals surface area contributed by atoms with Gasteiger partial charge in [-0.15, -0.1) is 0 Å². The van der Waals surface area contributed by atoms with Crippen LogP contribution >= 0.6 is 0 Å². The van der Waals surface area contributed by atoms with E-state index in [4.69, 9.17) is 9.47 Å². The Morgan fingerprint density at radius 3 is 2.29 bits per heavy atom. The van der Waals surface area contributed by atoms with E-state index in [0.717, 1.165) is 38.2 Å². The zero-order valence-electron chi connectivity index (χ0n) is 16.4. The Balaban J connectivity index is 1.31. The van der Waals surface area contributed by atoms with Crippen molar-refractivity contribution in [2.75, 3.05) is 26.4 Å². The molecule has 28 heavy (non-hydrogen) atoms. The zero-order valence-corrected chi connectivity index (χ0v) is 16.4. The van der Waals surface area contributed by atoms with Crippen molar-refractivity contribution in [1.82, 2.24) is 15.5 Å². The lowest BCUT2D eigenvalue weighted by atomic mass is 10.0. The minimum absolute atomic E-state index is 0.132. The number of urea groups is 1. The van der Waals surface area contributed by atoms with Crippen LogP contribution in [0.15, 0.2) is 54.6 Å². The van der Waals surface area contributed by atoms with Gasteiger partial charge >= 0.3 is 6.03 Å². The molecule has 2 aromatic rings. The number of piperidine rings is 1. The van der Waals surface area contributed by atoms with E-state index in [9.17, 15) is 4.79 Å². The van der Waals surface area contributed by atoms with E-state index in [1.165, 1.54) is 5.56 Å². The molecule has 0 spiro atoms. The molecule has 150 valence electrons. The smallest absolute Gasteiger partial charge is 0.317 e. The summed E-state index contributed by atoms with van der Waals surface area (Å²) in [6, 6.07) is 17.9. The Kier molecular flexibility index (Phi) is 7.55. The summed E-state index contributed by atoms with van der Waals surface area (Å²) >= 11 is 0. The molecular weight excluding hydrogens is 354 g/mol. The number of likely N-dealkylation sites (tertiary alicyclic amines) is 1. The van der Waals surface area contributed by atoms with E-state index in [0.29, 0.717) is 12.4 Å². The van der Waals surface area contributed by atoms with Gasteiger partial charge in [0.05, 0.1) is 6.61 Å². The van der Waals surface area contributed by atoms with Crippen molar-refractivity contribution in [2.24, 2.45) is 0 Å². The van der Waals surface area contributed by atoms with E-state index in [1.54, 1.807) is 0 Å². The molecule has 0 atom stereocenters. The van der Waals surface area contributed by atoms with Gasteiger partial charge in [0, 0.05) is 25.7 Å². The molecule has 0 bridgehead atoms. The molecule has 2 N–H and O–H groups in total. The van der Waals surface area contributed by atoms with Gasteiger partial charge in [0.2, 0.25) is 0 Å². The maximum atomic E-state index is 12.1. The number of carbonyl (C=O) groups excluding carboxylic acids is 1. The summed E-state index contributed by atoms with van der Waals surface area (Å²) < 4.78 is 10.9. The van der Waals surface area contributed by atoms with E-state index < -0.39 is 0 Å². The second kappa shape index (κ2) is 10.6. The molecule has 2 aromatic carbocycles. The molecule has 0 radical (unpaired) electrons. The predicted octanol–water partition coefficient (Wildman–Crippen LogP) is 3.39. The summed E-state index contributed by atoms with van der Waals surface area (Å²) in [4.78, 5) is 14.5. The fraction of sp³-hybridized carbons (Fsp3) is 0.409. The highest BCUT2D eigenvalue weighted by Gasteiger charge is 2.20. The van der Waals surface area contributed by atoms with Gasteiger partial charge in [-0.05, 0) is 49.6 Å². The number of benzene rings is 2. The molecule has 0 aromatic heterocycles. The van der Waals surface area contributed by atoms with Crippen LogP contribution in [0.1, 0.15) is 25.3 Å². The van der Waals surface area contributed by atoms with Crippen LogP contribution in [0.2, 0.25) is 0 Å². The number of carbonyl (C=O) groups is 1. The molecular formula is C22H29N3O3. The first-order valence-corrected chi connectivity index (χ1v) is 9.89. The first kappa shape index (κ1) is 20.0. The van der Waals surface area contributed by atoms with Crippen molar-refractivity contribution in [3.8, 4) is 11.5 Å². The van der Waals surface area contributed by atoms with E-state index in [2.05, 4.69) is 39.8 Å². The molecule has 2 amide bonds. The number of nitrogens with zero attached hydrogens (tertiary/aromatic N) is 1. The Labute approximate surface area is 166 Å². The highest BCUT2D eigenvalue weighted by Crippen LogP contribution is 2.17. The lowest BCUT2D eigenvalue weighted by Gasteiger charge is -2.32. The number of hydrogen-bond donors (Lipinski definition) is 2. The van der Waals surface area contributed by atoms with Crippen LogP contribution in [-0.2, 0) is 6.54 Å². The molecule has 1 aliphatic rings. The van der Waals surface area contributed by atoms with Crippen LogP contribution in [0.5, 0.6) is 11.5 Å². The highest BCUT2D eigenvalue weighted by molar-refractivity contribution is 5.74. The predicted molar refractivity (Wildman–Crippen MR) is 110 cm³/mol. The summed E-state index contributed by atoms with van der Waals surface area (Å²) in [6.45, 7) is 5.65. The summed E-state index contributed by atoms with van der Waals surface area (Å²) in [5.74, 6) is 1.50. The van der Waals surface area contributed by atoms with E-state index >= 15 is 0 Å². The summed E-state index contributed by atoms with van der Waals surface area (Å²) in [5, 5.41) is 5.79. The van der Waals surface area contributed by atoms with E-state index in [1.807, 2.05) is 37.3 Å². The third-order valence-electron chi connectivity index (χ3n) is 4.78. The van der Waals surface area contributed by atoms with Crippen LogP contribution in [0, 0.1) is 0 Å². The van der Waals surface area contributed by atoms with Crippen molar-refractivity contribution in [2.45, 2.75) is 32.4 Å². The average molecular weight is 383 g/mol. The number of hydrogen-bond acceptors (Lipinski definition) is 4. The summed E-state index contributed by atoms with van der Waals surface area (Å²) in [5.41, 5.74) is 1.33. The van der Waals surface area contributed by atoms with Gasteiger partial charge in [-0.1, -0.05) is 30.3 Å². The molecule has 0 saturated carbocycles. The zero-order chi connectivity index (χ0) is 19.6. The minimum atomic E-state index is -0.188. The third-order valence-corrected chi connectivity index (χ3v) is 4.78. The lowest BCUT2D eigenvalue weighted by molar-refractivity contribution is 0.183. The second-order valence-electron chi connectivity index (χ2n) is 6.88. The lowest BCUT2D eigenvalue weighted by Crippen LogP contribution is -2.48. The molecule has 1 heterocycles. The van der Waals surface area contributed by atoms with Crippen LogP contribution < -0.4 is 20.1 Å².